The van der Waals surface area contributed by atoms with Crippen molar-refractivity contribution in [2.75, 3.05) is 18.0 Å². The molecular formula is C29H23F4NO4S. The van der Waals surface area contributed by atoms with E-state index in [1.165, 1.54) is 24.3 Å². The Labute approximate surface area is 226 Å². The molecule has 0 saturated carbocycles. The van der Waals surface area contributed by atoms with E-state index in [0.717, 1.165) is 29.7 Å². The van der Waals surface area contributed by atoms with Crippen LogP contribution in [-0.4, -0.2) is 19.1 Å². The zero-order valence-corrected chi connectivity index (χ0v) is 22.0. The summed E-state index contributed by atoms with van der Waals surface area (Å²) < 4.78 is 65.6. The number of aryl methyl sites for hydroxylation is 1. The summed E-state index contributed by atoms with van der Waals surface area (Å²) in [5.41, 5.74) is 2.46. The molecule has 0 radical (unpaired) electrons. The first-order valence-electron chi connectivity index (χ1n) is 11.9. The summed E-state index contributed by atoms with van der Waals surface area (Å²) in [6.45, 7) is 7.54. The number of rotatable bonds is 7. The molecule has 1 heterocycles. The topological polar surface area (TPSA) is 59.8 Å². The molecule has 0 fully saturated rings. The Morgan fingerprint density at radius 2 is 1.56 bits per heavy atom. The zero-order chi connectivity index (χ0) is 28.4. The van der Waals surface area contributed by atoms with Crippen LogP contribution < -0.4 is 15.3 Å². The van der Waals surface area contributed by atoms with Gasteiger partial charge in [0.25, 0.3) is 0 Å². The summed E-state index contributed by atoms with van der Waals surface area (Å²) >= 11 is 3.36. The van der Waals surface area contributed by atoms with Crippen molar-refractivity contribution in [1.29, 1.82) is 0 Å². The van der Waals surface area contributed by atoms with Crippen LogP contribution in [0.3, 0.4) is 0 Å². The lowest BCUT2D eigenvalue weighted by molar-refractivity contribution is 0.0716. The molecule has 0 amide bonds. The largest absolute Gasteiger partial charge is 0.422 e. The van der Waals surface area contributed by atoms with Gasteiger partial charge in [-0.1, -0.05) is 18.2 Å². The number of hydrogen-bond acceptors (Lipinski definition) is 6. The highest BCUT2D eigenvalue weighted by Gasteiger charge is 2.27. The van der Waals surface area contributed by atoms with E-state index < -0.39 is 45.5 Å². The van der Waals surface area contributed by atoms with Gasteiger partial charge in [-0.15, -0.1) is 12.6 Å². The fourth-order valence-corrected chi connectivity index (χ4v) is 4.28. The average molecular weight is 558 g/mol. The Bertz CT molecular complexity index is 1630. The molecule has 4 rings (SSSR count). The predicted molar refractivity (Wildman–Crippen MR) is 145 cm³/mol. The van der Waals surface area contributed by atoms with Crippen molar-refractivity contribution >= 4 is 47.4 Å². The quantitative estimate of drug-likeness (QED) is 0.0651. The predicted octanol–water partition coefficient (Wildman–Crippen LogP) is 7.18. The zero-order valence-electron chi connectivity index (χ0n) is 21.1. The molecule has 5 nitrogen and oxygen atoms in total. The van der Waals surface area contributed by atoms with E-state index in [1.54, 1.807) is 12.2 Å². The van der Waals surface area contributed by atoms with Gasteiger partial charge in [-0.2, -0.15) is 8.78 Å². The SMILES string of the molecule is CCN(CC)c1ccc2c(C)c(/C=C/c3ccc(C(=O)Oc4c(F)c(F)c(S)c(F)c4F)cc3)c(=O)oc2c1. The number of esters is 1. The third-order valence-corrected chi connectivity index (χ3v) is 6.70. The van der Waals surface area contributed by atoms with Crippen LogP contribution in [0.1, 0.15) is 40.9 Å². The minimum absolute atomic E-state index is 0.132. The summed E-state index contributed by atoms with van der Waals surface area (Å²) in [5.74, 6) is -10.0. The number of carbonyl (C=O) groups is 1. The van der Waals surface area contributed by atoms with Gasteiger partial charge in [0.05, 0.1) is 16.0 Å². The van der Waals surface area contributed by atoms with Gasteiger partial charge >= 0.3 is 11.6 Å². The van der Waals surface area contributed by atoms with Crippen LogP contribution in [-0.2, 0) is 0 Å². The molecule has 0 spiro atoms. The van der Waals surface area contributed by atoms with Gasteiger partial charge in [-0.25, -0.2) is 18.4 Å². The number of hydrogen-bond donors (Lipinski definition) is 1. The lowest BCUT2D eigenvalue weighted by atomic mass is 10.0. The van der Waals surface area contributed by atoms with Gasteiger partial charge in [0.2, 0.25) is 17.4 Å². The van der Waals surface area contributed by atoms with Gasteiger partial charge in [0.15, 0.2) is 11.6 Å². The minimum Gasteiger partial charge on any atom is -0.422 e. The molecule has 0 atom stereocenters. The second-order valence-electron chi connectivity index (χ2n) is 8.56. The summed E-state index contributed by atoms with van der Waals surface area (Å²) in [7, 11) is 0. The van der Waals surface area contributed by atoms with Crippen LogP contribution in [0.25, 0.3) is 23.1 Å². The van der Waals surface area contributed by atoms with Crippen LogP contribution in [0.4, 0.5) is 23.2 Å². The summed E-state index contributed by atoms with van der Waals surface area (Å²) in [4.78, 5) is 26.0. The van der Waals surface area contributed by atoms with E-state index in [1.807, 2.05) is 39.0 Å². The smallest absolute Gasteiger partial charge is 0.343 e. The van der Waals surface area contributed by atoms with Gasteiger partial charge < -0.3 is 14.1 Å². The maximum absolute atomic E-state index is 14.0. The molecule has 0 aliphatic heterocycles. The van der Waals surface area contributed by atoms with Crippen molar-refractivity contribution < 1.29 is 31.5 Å². The molecule has 0 aliphatic rings. The molecule has 39 heavy (non-hydrogen) atoms. The van der Waals surface area contributed by atoms with Crippen LogP contribution in [0.2, 0.25) is 0 Å². The highest BCUT2D eigenvalue weighted by molar-refractivity contribution is 7.80. The number of thiol groups is 1. The standard InChI is InChI=1S/C29H23F4NO4S/c1-4-34(5-2)18-11-13-19-15(3)20(29(36)37-21(19)14-18)12-8-16-6-9-17(10-7-16)28(35)38-26-22(30)24(32)27(39)25(33)23(26)31/h6-14,39H,4-5H2,1-3H3/b12-8+. The van der Waals surface area contributed by atoms with Crippen molar-refractivity contribution in [1.82, 2.24) is 0 Å². The Morgan fingerprint density at radius 3 is 2.15 bits per heavy atom. The Hall–Kier alpha value is -4.05. The number of benzene rings is 3. The van der Waals surface area contributed by atoms with Crippen molar-refractivity contribution in [3.05, 3.63) is 98.4 Å². The number of nitrogens with zero attached hydrogens (tertiary/aromatic N) is 1. The van der Waals surface area contributed by atoms with E-state index >= 15 is 0 Å². The van der Waals surface area contributed by atoms with Gasteiger partial charge in [0, 0.05) is 30.2 Å². The first-order chi connectivity index (χ1) is 18.6. The summed E-state index contributed by atoms with van der Waals surface area (Å²) in [5, 5.41) is 0.793. The lowest BCUT2D eigenvalue weighted by Gasteiger charge is -2.21. The molecule has 0 bridgehead atoms. The maximum atomic E-state index is 14.0. The highest BCUT2D eigenvalue weighted by atomic mass is 32.1. The number of ether oxygens (including phenoxy) is 1. The Balaban J connectivity index is 1.56. The van der Waals surface area contributed by atoms with Crippen molar-refractivity contribution in [2.24, 2.45) is 0 Å². The number of halogens is 4. The molecule has 0 N–H and O–H groups in total. The van der Waals surface area contributed by atoms with Crippen molar-refractivity contribution in [3.8, 4) is 5.75 Å². The number of fused-ring (bicyclic) bond motifs is 1. The fourth-order valence-electron chi connectivity index (χ4n) is 4.09. The van der Waals surface area contributed by atoms with Crippen LogP contribution in [0, 0.1) is 30.2 Å². The molecule has 0 unspecified atom stereocenters. The lowest BCUT2D eigenvalue weighted by Crippen LogP contribution is -2.21. The molecule has 4 aromatic rings. The second-order valence-corrected chi connectivity index (χ2v) is 9.01. The normalized spacial score (nSPS) is 11.4. The van der Waals surface area contributed by atoms with Crippen LogP contribution in [0.15, 0.2) is 56.6 Å². The van der Waals surface area contributed by atoms with Gasteiger partial charge in [0.1, 0.15) is 5.58 Å². The molecule has 202 valence electrons. The van der Waals surface area contributed by atoms with Gasteiger partial charge in [-0.3, -0.25) is 0 Å². The molecule has 3 aromatic carbocycles. The van der Waals surface area contributed by atoms with Gasteiger partial charge in [-0.05, 0) is 62.2 Å². The van der Waals surface area contributed by atoms with E-state index in [-0.39, 0.29) is 5.56 Å². The van der Waals surface area contributed by atoms with Crippen LogP contribution >= 0.6 is 12.6 Å². The third kappa shape index (κ3) is 5.42. The first kappa shape index (κ1) is 28.0. The molecule has 10 heteroatoms. The third-order valence-electron chi connectivity index (χ3n) is 6.31. The molecule has 1 aromatic heterocycles. The fraction of sp³-hybridized carbons (Fsp3) is 0.172. The first-order valence-corrected chi connectivity index (χ1v) is 12.4. The molecule has 0 aliphatic carbocycles. The van der Waals surface area contributed by atoms with E-state index in [4.69, 9.17) is 4.42 Å². The average Bonchev–Trinajstić information content (AvgIpc) is 2.93. The molecule has 0 saturated heterocycles. The van der Waals surface area contributed by atoms with E-state index in [0.29, 0.717) is 16.7 Å². The maximum Gasteiger partial charge on any atom is 0.343 e. The second kappa shape index (κ2) is 11.4. The van der Waals surface area contributed by atoms with E-state index in [9.17, 15) is 27.2 Å². The van der Waals surface area contributed by atoms with E-state index in [2.05, 4.69) is 22.3 Å². The van der Waals surface area contributed by atoms with Crippen LogP contribution in [0.5, 0.6) is 5.75 Å². The summed E-state index contributed by atoms with van der Waals surface area (Å²) in [6, 6.07) is 11.3. The Morgan fingerprint density at radius 1 is 0.949 bits per heavy atom. The number of anilines is 1. The number of carbonyl (C=O) groups excluding carboxylic acids is 1. The Kier molecular flexibility index (Phi) is 8.15. The van der Waals surface area contributed by atoms with Crippen molar-refractivity contribution in [2.45, 2.75) is 25.7 Å². The summed E-state index contributed by atoms with van der Waals surface area (Å²) in [6.07, 6.45) is 3.21. The molecular weight excluding hydrogens is 534 g/mol. The van der Waals surface area contributed by atoms with Crippen molar-refractivity contribution in [3.63, 3.8) is 0 Å². The minimum atomic E-state index is -1.87. The monoisotopic (exact) mass is 557 g/mol. The highest BCUT2D eigenvalue weighted by Crippen LogP contribution is 2.32.